The van der Waals surface area contributed by atoms with Gasteiger partial charge in [-0.1, -0.05) is 0 Å². The van der Waals surface area contributed by atoms with E-state index in [4.69, 9.17) is 4.74 Å². The van der Waals surface area contributed by atoms with Crippen molar-refractivity contribution in [3.05, 3.63) is 28.5 Å². The molecule has 1 aromatic rings. The fourth-order valence-electron chi connectivity index (χ4n) is 2.47. The van der Waals surface area contributed by atoms with Crippen LogP contribution in [0.2, 0.25) is 0 Å². The minimum Gasteiger partial charge on any atom is -0.480 e. The van der Waals surface area contributed by atoms with Gasteiger partial charge in [0.05, 0.1) is 4.47 Å². The first-order valence-electron chi connectivity index (χ1n) is 7.08. The molecular formula is C15H20BrFN2O2. The summed E-state index contributed by atoms with van der Waals surface area (Å²) < 4.78 is 19.2. The minimum atomic E-state index is -0.605. The van der Waals surface area contributed by atoms with Gasteiger partial charge in [-0.15, -0.1) is 0 Å². The van der Waals surface area contributed by atoms with E-state index in [0.717, 1.165) is 25.9 Å². The van der Waals surface area contributed by atoms with Crippen LogP contribution in [0.3, 0.4) is 0 Å². The first-order valence-corrected chi connectivity index (χ1v) is 7.87. The van der Waals surface area contributed by atoms with Crippen molar-refractivity contribution in [2.24, 2.45) is 0 Å². The molecule has 0 saturated carbocycles. The Morgan fingerprint density at radius 3 is 2.76 bits per heavy atom. The molecule has 21 heavy (non-hydrogen) atoms. The molecule has 1 fully saturated rings. The molecule has 1 aliphatic heterocycles. The van der Waals surface area contributed by atoms with E-state index in [9.17, 15) is 9.18 Å². The number of nitrogens with zero attached hydrogens (tertiary/aromatic N) is 1. The van der Waals surface area contributed by atoms with E-state index >= 15 is 0 Å². The monoisotopic (exact) mass is 358 g/mol. The summed E-state index contributed by atoms with van der Waals surface area (Å²) in [6.07, 6.45) is 1.30. The number of benzene rings is 1. The average molecular weight is 359 g/mol. The van der Waals surface area contributed by atoms with Crippen LogP contribution in [-0.4, -0.2) is 43.1 Å². The normalized spacial score (nSPS) is 17.3. The lowest BCUT2D eigenvalue weighted by Gasteiger charge is -2.33. The lowest BCUT2D eigenvalue weighted by atomic mass is 10.0. The van der Waals surface area contributed by atoms with Crippen LogP contribution >= 0.6 is 15.9 Å². The van der Waals surface area contributed by atoms with Gasteiger partial charge in [-0.05, 0) is 67.0 Å². The number of amides is 1. The molecule has 1 aliphatic rings. The van der Waals surface area contributed by atoms with Crippen molar-refractivity contribution in [3.63, 3.8) is 0 Å². The van der Waals surface area contributed by atoms with E-state index in [1.165, 1.54) is 18.2 Å². The third-order valence-electron chi connectivity index (χ3n) is 3.75. The quantitative estimate of drug-likeness (QED) is 0.899. The SMILES string of the molecule is C[C@@H](Oc1ccc(F)cc1Br)C(=O)N(C)C1CCNCC1. The Kier molecular flexibility index (Phi) is 5.58. The largest absolute Gasteiger partial charge is 0.480 e. The molecule has 0 unspecified atom stereocenters. The lowest BCUT2D eigenvalue weighted by Crippen LogP contribution is -2.48. The van der Waals surface area contributed by atoms with Crippen molar-refractivity contribution >= 4 is 21.8 Å². The van der Waals surface area contributed by atoms with Crippen LogP contribution in [0.5, 0.6) is 5.75 Å². The van der Waals surface area contributed by atoms with E-state index in [1.807, 2.05) is 7.05 Å². The summed E-state index contributed by atoms with van der Waals surface area (Å²) in [5.74, 6) is 0.0640. The topological polar surface area (TPSA) is 41.6 Å². The van der Waals surface area contributed by atoms with Crippen LogP contribution in [0.15, 0.2) is 22.7 Å². The van der Waals surface area contributed by atoms with Gasteiger partial charge < -0.3 is 15.0 Å². The second kappa shape index (κ2) is 7.22. The molecule has 0 aromatic heterocycles. The van der Waals surface area contributed by atoms with Gasteiger partial charge in [0, 0.05) is 13.1 Å². The van der Waals surface area contributed by atoms with Crippen molar-refractivity contribution in [1.29, 1.82) is 0 Å². The molecule has 2 rings (SSSR count). The Bertz CT molecular complexity index is 506. The zero-order valence-corrected chi connectivity index (χ0v) is 13.8. The van der Waals surface area contributed by atoms with Gasteiger partial charge in [-0.2, -0.15) is 0 Å². The lowest BCUT2D eigenvalue weighted by molar-refractivity contribution is -0.139. The van der Waals surface area contributed by atoms with Crippen LogP contribution < -0.4 is 10.1 Å². The summed E-state index contributed by atoms with van der Waals surface area (Å²) in [6, 6.07) is 4.41. The molecule has 0 radical (unpaired) electrons. The van der Waals surface area contributed by atoms with Crippen molar-refractivity contribution in [3.8, 4) is 5.75 Å². The van der Waals surface area contributed by atoms with Gasteiger partial charge in [0.1, 0.15) is 11.6 Å². The van der Waals surface area contributed by atoms with Crippen LogP contribution in [0.4, 0.5) is 4.39 Å². The zero-order valence-electron chi connectivity index (χ0n) is 12.2. The number of nitrogens with one attached hydrogen (secondary N) is 1. The Morgan fingerprint density at radius 1 is 1.48 bits per heavy atom. The Hall–Kier alpha value is -1.14. The molecule has 1 atom stereocenters. The maximum atomic E-state index is 13.0. The highest BCUT2D eigenvalue weighted by atomic mass is 79.9. The number of carbonyl (C=O) groups is 1. The van der Waals surface area contributed by atoms with Crippen LogP contribution in [0.25, 0.3) is 0 Å². The fourth-order valence-corrected chi connectivity index (χ4v) is 2.92. The van der Waals surface area contributed by atoms with Crippen molar-refractivity contribution in [2.45, 2.75) is 31.9 Å². The molecular weight excluding hydrogens is 339 g/mol. The Labute approximate surface area is 132 Å². The van der Waals surface area contributed by atoms with Gasteiger partial charge >= 0.3 is 0 Å². The van der Waals surface area contributed by atoms with Gasteiger partial charge in [0.2, 0.25) is 0 Å². The summed E-state index contributed by atoms with van der Waals surface area (Å²) in [7, 11) is 1.82. The minimum absolute atomic E-state index is 0.0573. The van der Waals surface area contributed by atoms with Crippen LogP contribution in [0, 0.1) is 5.82 Å². The molecule has 0 aliphatic carbocycles. The standard InChI is InChI=1S/C15H20BrFN2O2/c1-10(21-14-4-3-11(17)9-13(14)16)15(20)19(2)12-5-7-18-8-6-12/h3-4,9-10,12,18H,5-8H2,1-2H3/t10-/m1/s1. The number of piperidine rings is 1. The molecule has 1 amide bonds. The maximum absolute atomic E-state index is 13.0. The highest BCUT2D eigenvalue weighted by Gasteiger charge is 2.26. The summed E-state index contributed by atoms with van der Waals surface area (Å²) in [5, 5.41) is 3.28. The number of halogens is 2. The van der Waals surface area contributed by atoms with Gasteiger partial charge in [0.15, 0.2) is 6.10 Å². The molecule has 1 heterocycles. The number of hydrogen-bond donors (Lipinski definition) is 1. The Morgan fingerprint density at radius 2 is 2.14 bits per heavy atom. The van der Waals surface area contributed by atoms with Crippen molar-refractivity contribution < 1.29 is 13.9 Å². The van der Waals surface area contributed by atoms with E-state index in [1.54, 1.807) is 11.8 Å². The second-order valence-corrected chi connectivity index (χ2v) is 6.12. The molecule has 0 spiro atoms. The van der Waals surface area contributed by atoms with Crippen molar-refractivity contribution in [2.75, 3.05) is 20.1 Å². The molecule has 116 valence electrons. The van der Waals surface area contributed by atoms with Gasteiger partial charge in [0.25, 0.3) is 5.91 Å². The van der Waals surface area contributed by atoms with E-state index < -0.39 is 6.10 Å². The first kappa shape index (κ1) is 16.2. The number of likely N-dealkylation sites (N-methyl/N-ethyl adjacent to an activating group) is 1. The molecule has 6 heteroatoms. The van der Waals surface area contributed by atoms with E-state index in [2.05, 4.69) is 21.2 Å². The zero-order chi connectivity index (χ0) is 15.4. The first-order chi connectivity index (χ1) is 9.99. The fraction of sp³-hybridized carbons (Fsp3) is 0.533. The summed E-state index contributed by atoms with van der Waals surface area (Å²) in [6.45, 7) is 3.58. The van der Waals surface area contributed by atoms with E-state index in [-0.39, 0.29) is 17.8 Å². The maximum Gasteiger partial charge on any atom is 0.263 e. The molecule has 1 saturated heterocycles. The van der Waals surface area contributed by atoms with E-state index in [0.29, 0.717) is 10.2 Å². The molecule has 0 bridgehead atoms. The summed E-state index contributed by atoms with van der Waals surface area (Å²) >= 11 is 3.24. The number of ether oxygens (including phenoxy) is 1. The molecule has 1 aromatic carbocycles. The molecule has 4 nitrogen and oxygen atoms in total. The summed E-state index contributed by atoms with van der Waals surface area (Å²) in [5.41, 5.74) is 0. The highest BCUT2D eigenvalue weighted by molar-refractivity contribution is 9.10. The van der Waals surface area contributed by atoms with Crippen LogP contribution in [0.1, 0.15) is 19.8 Å². The predicted molar refractivity (Wildman–Crippen MR) is 82.9 cm³/mol. The summed E-state index contributed by atoms with van der Waals surface area (Å²) in [4.78, 5) is 14.2. The highest BCUT2D eigenvalue weighted by Crippen LogP contribution is 2.26. The Balaban J connectivity index is 1.98. The number of hydrogen-bond acceptors (Lipinski definition) is 3. The van der Waals surface area contributed by atoms with Crippen LogP contribution in [-0.2, 0) is 4.79 Å². The third-order valence-corrected chi connectivity index (χ3v) is 4.37. The number of carbonyl (C=O) groups excluding carboxylic acids is 1. The van der Waals surface area contributed by atoms with Gasteiger partial charge in [-0.3, -0.25) is 4.79 Å². The third kappa shape index (κ3) is 4.17. The number of rotatable bonds is 4. The average Bonchev–Trinajstić information content (AvgIpc) is 2.49. The predicted octanol–water partition coefficient (Wildman–Crippen LogP) is 2.57. The molecule has 1 N–H and O–H groups in total. The second-order valence-electron chi connectivity index (χ2n) is 5.27. The van der Waals surface area contributed by atoms with Gasteiger partial charge in [-0.25, -0.2) is 4.39 Å². The van der Waals surface area contributed by atoms with Crippen molar-refractivity contribution in [1.82, 2.24) is 10.2 Å². The smallest absolute Gasteiger partial charge is 0.263 e.